The normalized spacial score (nSPS) is 21.0. The van der Waals surface area contributed by atoms with E-state index in [1.165, 1.54) is 14.2 Å². The molecule has 1 N–H and O–H groups in total. The fraction of sp³-hybridized carbons (Fsp3) is 0.500. The van der Waals surface area contributed by atoms with Gasteiger partial charge < -0.3 is 14.8 Å². The molecule has 22 heavy (non-hydrogen) atoms. The van der Waals surface area contributed by atoms with Crippen LogP contribution in [0.25, 0.3) is 0 Å². The molecule has 120 valence electrons. The Kier molecular flexibility index (Phi) is 5.83. The average molecular weight is 370 g/mol. The largest absolute Gasteiger partial charge is 0.469 e. The molecule has 2 rings (SSSR count). The third kappa shape index (κ3) is 4.00. The van der Waals surface area contributed by atoms with E-state index in [-0.39, 0.29) is 23.9 Å². The number of nitrogens with one attached hydrogen (secondary N) is 1. The predicted octanol–water partition coefficient (Wildman–Crippen LogP) is 3.38. The molecule has 1 aromatic carbocycles. The Bertz CT molecular complexity index is 561. The molecule has 2 atom stereocenters. The van der Waals surface area contributed by atoms with Gasteiger partial charge in [-0.05, 0) is 37.5 Å². The van der Waals surface area contributed by atoms with Gasteiger partial charge in [-0.15, -0.1) is 0 Å². The smallest absolute Gasteiger partial charge is 0.340 e. The van der Waals surface area contributed by atoms with E-state index >= 15 is 0 Å². The third-order valence-electron chi connectivity index (χ3n) is 3.96. The molecule has 1 aliphatic carbocycles. The number of hydrogen-bond acceptors (Lipinski definition) is 5. The summed E-state index contributed by atoms with van der Waals surface area (Å²) in [5.41, 5.74) is 1.21. The number of esters is 2. The van der Waals surface area contributed by atoms with E-state index in [1.54, 1.807) is 6.07 Å². The first-order valence-corrected chi connectivity index (χ1v) is 8.06. The van der Waals surface area contributed by atoms with Gasteiger partial charge >= 0.3 is 11.9 Å². The quantitative estimate of drug-likeness (QED) is 0.824. The summed E-state index contributed by atoms with van der Waals surface area (Å²) in [6.07, 6.45) is 3.49. The maximum atomic E-state index is 11.9. The predicted molar refractivity (Wildman–Crippen MR) is 86.9 cm³/mol. The molecule has 0 aliphatic heterocycles. The summed E-state index contributed by atoms with van der Waals surface area (Å²) >= 11 is 3.36. The lowest BCUT2D eigenvalue weighted by Crippen LogP contribution is -2.32. The lowest BCUT2D eigenvalue weighted by Gasteiger charge is -2.29. The lowest BCUT2D eigenvalue weighted by molar-refractivity contribution is -0.146. The molecular formula is C16H20BrNO4. The van der Waals surface area contributed by atoms with Crippen molar-refractivity contribution in [3.63, 3.8) is 0 Å². The molecule has 0 spiro atoms. The Hall–Kier alpha value is -1.56. The molecule has 1 aliphatic rings. The van der Waals surface area contributed by atoms with Crippen molar-refractivity contribution in [2.24, 2.45) is 5.92 Å². The standard InChI is InChI=1S/C16H20BrNO4/c1-21-15(19)10-4-3-5-12(8-10)18-14-7-6-11(17)9-13(14)16(20)22-2/h6-7,9-10,12,18H,3-5,8H2,1-2H3. The first-order valence-electron chi connectivity index (χ1n) is 7.27. The number of halogens is 1. The molecule has 0 aromatic heterocycles. The minimum absolute atomic E-state index is 0.0757. The number of benzene rings is 1. The van der Waals surface area contributed by atoms with E-state index in [9.17, 15) is 9.59 Å². The highest BCUT2D eigenvalue weighted by molar-refractivity contribution is 9.10. The highest BCUT2D eigenvalue weighted by Crippen LogP contribution is 2.29. The second kappa shape index (κ2) is 7.63. The van der Waals surface area contributed by atoms with Crippen LogP contribution in [0.2, 0.25) is 0 Å². The van der Waals surface area contributed by atoms with Crippen LogP contribution in [0.15, 0.2) is 22.7 Å². The van der Waals surface area contributed by atoms with Crippen molar-refractivity contribution in [3.8, 4) is 0 Å². The van der Waals surface area contributed by atoms with Crippen LogP contribution < -0.4 is 5.32 Å². The lowest BCUT2D eigenvalue weighted by atomic mass is 9.85. The van der Waals surface area contributed by atoms with Gasteiger partial charge in [-0.25, -0.2) is 4.79 Å². The van der Waals surface area contributed by atoms with E-state index in [0.717, 1.165) is 29.4 Å². The van der Waals surface area contributed by atoms with E-state index in [2.05, 4.69) is 21.2 Å². The summed E-state index contributed by atoms with van der Waals surface area (Å²) in [5, 5.41) is 3.37. The SMILES string of the molecule is COC(=O)c1cc(Br)ccc1NC1CCCC(C(=O)OC)C1. The van der Waals surface area contributed by atoms with Crippen LogP contribution in [-0.4, -0.2) is 32.2 Å². The van der Waals surface area contributed by atoms with Gasteiger partial charge in [0.25, 0.3) is 0 Å². The van der Waals surface area contributed by atoms with Crippen molar-refractivity contribution in [3.05, 3.63) is 28.2 Å². The fourth-order valence-corrected chi connectivity index (χ4v) is 3.20. The molecule has 0 bridgehead atoms. The first-order chi connectivity index (χ1) is 10.5. The number of ether oxygens (including phenoxy) is 2. The molecule has 0 heterocycles. The highest BCUT2D eigenvalue weighted by Gasteiger charge is 2.28. The topological polar surface area (TPSA) is 64.6 Å². The molecule has 0 amide bonds. The molecule has 1 aromatic rings. The van der Waals surface area contributed by atoms with E-state index in [4.69, 9.17) is 9.47 Å². The zero-order valence-electron chi connectivity index (χ0n) is 12.7. The summed E-state index contributed by atoms with van der Waals surface area (Å²) in [4.78, 5) is 23.6. The average Bonchev–Trinajstić information content (AvgIpc) is 2.55. The molecule has 1 fully saturated rings. The van der Waals surface area contributed by atoms with Crippen LogP contribution in [0, 0.1) is 5.92 Å². The van der Waals surface area contributed by atoms with Crippen LogP contribution in [-0.2, 0) is 14.3 Å². The summed E-state index contributed by atoms with van der Waals surface area (Å²) in [6.45, 7) is 0. The zero-order chi connectivity index (χ0) is 16.1. The Morgan fingerprint density at radius 3 is 2.68 bits per heavy atom. The first kappa shape index (κ1) is 16.8. The molecular weight excluding hydrogens is 350 g/mol. The van der Waals surface area contributed by atoms with Crippen LogP contribution in [0.1, 0.15) is 36.0 Å². The molecule has 1 saturated carbocycles. The maximum absolute atomic E-state index is 11.9. The maximum Gasteiger partial charge on any atom is 0.340 e. The number of carbonyl (C=O) groups is 2. The van der Waals surface area contributed by atoms with Gasteiger partial charge in [0.2, 0.25) is 0 Å². The summed E-state index contributed by atoms with van der Waals surface area (Å²) < 4.78 is 10.5. The summed E-state index contributed by atoms with van der Waals surface area (Å²) in [5.74, 6) is -0.618. The van der Waals surface area contributed by atoms with Gasteiger partial charge in [-0.3, -0.25) is 4.79 Å². The van der Waals surface area contributed by atoms with Crippen molar-refractivity contribution in [2.75, 3.05) is 19.5 Å². The van der Waals surface area contributed by atoms with Gasteiger partial charge in [-0.2, -0.15) is 0 Å². The number of carbonyl (C=O) groups excluding carboxylic acids is 2. The van der Waals surface area contributed by atoms with Crippen LogP contribution in [0.3, 0.4) is 0 Å². The second-order valence-corrected chi connectivity index (χ2v) is 6.33. The minimum atomic E-state index is -0.385. The van der Waals surface area contributed by atoms with Gasteiger partial charge in [0.1, 0.15) is 0 Å². The van der Waals surface area contributed by atoms with Crippen molar-refractivity contribution >= 4 is 33.6 Å². The molecule has 2 unspecified atom stereocenters. The summed E-state index contributed by atoms with van der Waals surface area (Å²) in [6, 6.07) is 5.59. The number of hydrogen-bond donors (Lipinski definition) is 1. The Labute approximate surface area is 138 Å². The number of anilines is 1. The highest BCUT2D eigenvalue weighted by atomic mass is 79.9. The van der Waals surface area contributed by atoms with Crippen molar-refractivity contribution in [1.82, 2.24) is 0 Å². The second-order valence-electron chi connectivity index (χ2n) is 5.41. The van der Waals surface area contributed by atoms with E-state index in [0.29, 0.717) is 12.0 Å². The minimum Gasteiger partial charge on any atom is -0.469 e. The van der Waals surface area contributed by atoms with Crippen molar-refractivity contribution < 1.29 is 19.1 Å². The number of methoxy groups -OCH3 is 2. The van der Waals surface area contributed by atoms with Crippen molar-refractivity contribution in [1.29, 1.82) is 0 Å². The van der Waals surface area contributed by atoms with Crippen LogP contribution >= 0.6 is 15.9 Å². The van der Waals surface area contributed by atoms with Gasteiger partial charge in [0, 0.05) is 16.2 Å². The Balaban J connectivity index is 2.13. The van der Waals surface area contributed by atoms with E-state index < -0.39 is 0 Å². The number of rotatable bonds is 4. The summed E-state index contributed by atoms with van der Waals surface area (Å²) in [7, 11) is 2.78. The molecule has 0 radical (unpaired) electrons. The molecule has 0 saturated heterocycles. The zero-order valence-corrected chi connectivity index (χ0v) is 14.3. The molecule has 6 heteroatoms. The Morgan fingerprint density at radius 1 is 1.23 bits per heavy atom. The van der Waals surface area contributed by atoms with Gasteiger partial charge in [-0.1, -0.05) is 22.4 Å². The van der Waals surface area contributed by atoms with E-state index in [1.807, 2.05) is 12.1 Å². The monoisotopic (exact) mass is 369 g/mol. The van der Waals surface area contributed by atoms with Crippen LogP contribution in [0.4, 0.5) is 5.69 Å². The molecule has 5 nitrogen and oxygen atoms in total. The Morgan fingerprint density at radius 2 is 2.00 bits per heavy atom. The van der Waals surface area contributed by atoms with Gasteiger partial charge in [0.05, 0.1) is 25.7 Å². The fourth-order valence-electron chi connectivity index (χ4n) is 2.84. The van der Waals surface area contributed by atoms with Crippen molar-refractivity contribution in [2.45, 2.75) is 31.7 Å². The third-order valence-corrected chi connectivity index (χ3v) is 4.45. The van der Waals surface area contributed by atoms with Crippen LogP contribution in [0.5, 0.6) is 0 Å². The van der Waals surface area contributed by atoms with Gasteiger partial charge in [0.15, 0.2) is 0 Å².